The Hall–Kier alpha value is -1.94. The fraction of sp³-hybridized carbons (Fsp3) is 0.278. The van der Waals surface area contributed by atoms with Crippen molar-refractivity contribution >= 4 is 17.3 Å². The molecule has 0 spiro atoms. The van der Waals surface area contributed by atoms with Gasteiger partial charge in [0, 0.05) is 27.5 Å². The molecule has 0 N–H and O–H groups in total. The number of allylic oxidation sites excluding steroid dienone is 1. The lowest BCUT2D eigenvalue weighted by Crippen LogP contribution is -2.04. The SMILES string of the molecule is CC/C=C/C(=O)Oc1ccc(-c2ccc(CCC)s2)c(F)c1. The van der Waals surface area contributed by atoms with Gasteiger partial charge in [-0.3, -0.25) is 0 Å². The normalized spacial score (nSPS) is 11.0. The van der Waals surface area contributed by atoms with Crippen molar-refractivity contribution in [1.82, 2.24) is 0 Å². The van der Waals surface area contributed by atoms with Crippen LogP contribution in [0, 0.1) is 5.82 Å². The summed E-state index contributed by atoms with van der Waals surface area (Å²) in [7, 11) is 0. The van der Waals surface area contributed by atoms with Crippen LogP contribution in [0.15, 0.2) is 42.5 Å². The van der Waals surface area contributed by atoms with E-state index in [1.807, 2.05) is 19.1 Å². The van der Waals surface area contributed by atoms with E-state index in [0.29, 0.717) is 5.56 Å². The van der Waals surface area contributed by atoms with Gasteiger partial charge in [-0.15, -0.1) is 11.3 Å². The molecule has 0 radical (unpaired) electrons. The first-order valence-electron chi connectivity index (χ1n) is 7.41. The molecule has 0 unspecified atom stereocenters. The lowest BCUT2D eigenvalue weighted by atomic mass is 10.1. The van der Waals surface area contributed by atoms with E-state index >= 15 is 0 Å². The van der Waals surface area contributed by atoms with Crippen molar-refractivity contribution in [3.05, 3.63) is 53.2 Å². The molecule has 1 aromatic heterocycles. The number of aryl methyl sites for hydroxylation is 1. The molecule has 2 aromatic rings. The lowest BCUT2D eigenvalue weighted by molar-refractivity contribution is -0.129. The molecule has 22 heavy (non-hydrogen) atoms. The minimum Gasteiger partial charge on any atom is -0.423 e. The first-order chi connectivity index (χ1) is 10.6. The first-order valence-corrected chi connectivity index (χ1v) is 8.22. The van der Waals surface area contributed by atoms with Crippen molar-refractivity contribution < 1.29 is 13.9 Å². The highest BCUT2D eigenvalue weighted by atomic mass is 32.1. The summed E-state index contributed by atoms with van der Waals surface area (Å²) >= 11 is 1.60. The predicted molar refractivity (Wildman–Crippen MR) is 88.8 cm³/mol. The van der Waals surface area contributed by atoms with Crippen LogP contribution in [0.2, 0.25) is 0 Å². The molecule has 1 aromatic carbocycles. The first kappa shape index (κ1) is 16.4. The minimum atomic E-state index is -0.490. The Labute approximate surface area is 134 Å². The number of halogens is 1. The van der Waals surface area contributed by atoms with Gasteiger partial charge in [0.1, 0.15) is 11.6 Å². The third-order valence-corrected chi connectivity index (χ3v) is 4.25. The molecular formula is C18H19FO2S. The van der Waals surface area contributed by atoms with Crippen LogP contribution in [-0.2, 0) is 11.2 Å². The van der Waals surface area contributed by atoms with Gasteiger partial charge in [-0.1, -0.05) is 26.3 Å². The topological polar surface area (TPSA) is 26.3 Å². The smallest absolute Gasteiger partial charge is 0.335 e. The molecule has 2 rings (SSSR count). The van der Waals surface area contributed by atoms with Crippen LogP contribution in [0.25, 0.3) is 10.4 Å². The summed E-state index contributed by atoms with van der Waals surface area (Å²) in [5, 5.41) is 0. The predicted octanol–water partition coefficient (Wildman–Crippen LogP) is 5.38. The monoisotopic (exact) mass is 318 g/mol. The van der Waals surface area contributed by atoms with Gasteiger partial charge in [0.25, 0.3) is 0 Å². The Morgan fingerprint density at radius 1 is 1.27 bits per heavy atom. The van der Waals surface area contributed by atoms with E-state index in [2.05, 4.69) is 6.92 Å². The largest absolute Gasteiger partial charge is 0.423 e. The summed E-state index contributed by atoms with van der Waals surface area (Å²) in [5.41, 5.74) is 0.538. The maximum absolute atomic E-state index is 14.2. The molecule has 0 amide bonds. The maximum atomic E-state index is 14.2. The lowest BCUT2D eigenvalue weighted by Gasteiger charge is -2.04. The standard InChI is InChI=1S/C18H19FO2S/c1-3-5-7-18(20)21-13-8-10-15(16(19)12-13)17-11-9-14(22-17)6-4-2/h5,7-12H,3-4,6H2,1-2H3/b7-5+. The van der Waals surface area contributed by atoms with Crippen molar-refractivity contribution in [2.75, 3.05) is 0 Å². The Morgan fingerprint density at radius 2 is 2.09 bits per heavy atom. The molecule has 0 fully saturated rings. The average molecular weight is 318 g/mol. The van der Waals surface area contributed by atoms with E-state index in [9.17, 15) is 9.18 Å². The van der Waals surface area contributed by atoms with E-state index in [-0.39, 0.29) is 11.6 Å². The van der Waals surface area contributed by atoms with E-state index in [1.165, 1.54) is 17.0 Å². The van der Waals surface area contributed by atoms with Crippen LogP contribution in [0.4, 0.5) is 4.39 Å². The van der Waals surface area contributed by atoms with Gasteiger partial charge >= 0.3 is 5.97 Å². The highest BCUT2D eigenvalue weighted by molar-refractivity contribution is 7.15. The van der Waals surface area contributed by atoms with Crippen LogP contribution < -0.4 is 4.74 Å². The van der Waals surface area contributed by atoms with Crippen LogP contribution in [0.3, 0.4) is 0 Å². The number of ether oxygens (including phenoxy) is 1. The second-order valence-corrected chi connectivity index (χ2v) is 6.06. The summed E-state index contributed by atoms with van der Waals surface area (Å²) in [6, 6.07) is 8.50. The number of thiophene rings is 1. The number of benzene rings is 1. The fourth-order valence-electron chi connectivity index (χ4n) is 2.03. The third kappa shape index (κ3) is 4.28. The van der Waals surface area contributed by atoms with Crippen molar-refractivity contribution in [3.63, 3.8) is 0 Å². The Morgan fingerprint density at radius 3 is 2.77 bits per heavy atom. The molecule has 116 valence electrons. The van der Waals surface area contributed by atoms with E-state index < -0.39 is 5.97 Å². The molecule has 1 heterocycles. The highest BCUT2D eigenvalue weighted by Crippen LogP contribution is 2.32. The van der Waals surface area contributed by atoms with Crippen molar-refractivity contribution in [1.29, 1.82) is 0 Å². The zero-order valence-corrected chi connectivity index (χ0v) is 13.6. The number of esters is 1. The molecular weight excluding hydrogens is 299 g/mol. The number of rotatable bonds is 6. The number of carbonyl (C=O) groups excluding carboxylic acids is 1. The number of hydrogen-bond acceptors (Lipinski definition) is 3. The van der Waals surface area contributed by atoms with Crippen molar-refractivity contribution in [3.8, 4) is 16.2 Å². The fourth-order valence-corrected chi connectivity index (χ4v) is 3.16. The van der Waals surface area contributed by atoms with Crippen LogP contribution in [0.1, 0.15) is 31.6 Å². The zero-order chi connectivity index (χ0) is 15.9. The van der Waals surface area contributed by atoms with E-state index in [4.69, 9.17) is 4.74 Å². The third-order valence-electron chi connectivity index (χ3n) is 3.07. The minimum absolute atomic E-state index is 0.220. The van der Waals surface area contributed by atoms with Gasteiger partial charge in [-0.05, 0) is 37.1 Å². The quantitative estimate of drug-likeness (QED) is 0.406. The summed E-state index contributed by atoms with van der Waals surface area (Å²) in [6.45, 7) is 4.04. The number of hydrogen-bond donors (Lipinski definition) is 0. The van der Waals surface area contributed by atoms with E-state index in [0.717, 1.165) is 24.1 Å². The molecule has 2 nitrogen and oxygen atoms in total. The van der Waals surface area contributed by atoms with Gasteiger partial charge < -0.3 is 4.74 Å². The Bertz CT molecular complexity index is 673. The maximum Gasteiger partial charge on any atom is 0.335 e. The molecule has 0 bridgehead atoms. The van der Waals surface area contributed by atoms with Crippen LogP contribution in [-0.4, -0.2) is 5.97 Å². The van der Waals surface area contributed by atoms with E-state index in [1.54, 1.807) is 29.5 Å². The summed E-state index contributed by atoms with van der Waals surface area (Å²) in [6.07, 6.45) is 5.88. The second-order valence-electron chi connectivity index (χ2n) is 4.89. The molecule has 0 atom stereocenters. The highest BCUT2D eigenvalue weighted by Gasteiger charge is 2.10. The molecule has 0 aliphatic carbocycles. The van der Waals surface area contributed by atoms with Crippen LogP contribution >= 0.6 is 11.3 Å². The molecule has 0 aliphatic rings. The number of carbonyl (C=O) groups is 1. The Balaban J connectivity index is 2.15. The molecule has 0 saturated heterocycles. The Kier molecular flexibility index (Phi) is 5.90. The second kappa shape index (κ2) is 7.90. The van der Waals surface area contributed by atoms with Crippen molar-refractivity contribution in [2.24, 2.45) is 0 Å². The van der Waals surface area contributed by atoms with Gasteiger partial charge in [-0.2, -0.15) is 0 Å². The van der Waals surface area contributed by atoms with Gasteiger partial charge in [0.2, 0.25) is 0 Å². The van der Waals surface area contributed by atoms with Crippen LogP contribution in [0.5, 0.6) is 5.75 Å². The average Bonchev–Trinajstić information content (AvgIpc) is 2.94. The van der Waals surface area contributed by atoms with Gasteiger partial charge in [0.05, 0.1) is 0 Å². The molecule has 4 heteroatoms. The van der Waals surface area contributed by atoms with Gasteiger partial charge in [-0.25, -0.2) is 9.18 Å². The zero-order valence-electron chi connectivity index (χ0n) is 12.8. The summed E-state index contributed by atoms with van der Waals surface area (Å²) in [5.74, 6) is -0.651. The summed E-state index contributed by atoms with van der Waals surface area (Å²) in [4.78, 5) is 13.6. The summed E-state index contributed by atoms with van der Waals surface area (Å²) < 4.78 is 19.3. The van der Waals surface area contributed by atoms with Crippen molar-refractivity contribution in [2.45, 2.75) is 33.1 Å². The van der Waals surface area contributed by atoms with Gasteiger partial charge in [0.15, 0.2) is 0 Å². The molecule has 0 saturated carbocycles. The molecule has 0 aliphatic heterocycles.